The Kier molecular flexibility index (Phi) is 8.16. The van der Waals surface area contributed by atoms with Crippen LogP contribution in [0.4, 0.5) is 0 Å². The molecule has 0 aliphatic carbocycles. The summed E-state index contributed by atoms with van der Waals surface area (Å²) < 4.78 is 25.9. The van der Waals surface area contributed by atoms with E-state index in [-0.39, 0.29) is 6.04 Å². The van der Waals surface area contributed by atoms with Crippen molar-refractivity contribution in [2.45, 2.75) is 25.8 Å². The second kappa shape index (κ2) is 7.03. The first-order chi connectivity index (χ1) is 5.31. The molecule has 5 nitrogen and oxygen atoms in total. The Labute approximate surface area is 72.9 Å². The van der Waals surface area contributed by atoms with Gasteiger partial charge in [-0.05, 0) is 6.42 Å². The van der Waals surface area contributed by atoms with Gasteiger partial charge in [0.05, 0.1) is 18.7 Å². The van der Waals surface area contributed by atoms with E-state index in [1.165, 1.54) is 0 Å². The second-order valence-electron chi connectivity index (χ2n) is 2.26. The molecule has 0 aromatic heterocycles. The molecule has 0 spiro atoms. The lowest BCUT2D eigenvalue weighted by Crippen LogP contribution is -2.16. The van der Waals surface area contributed by atoms with Gasteiger partial charge in [0.1, 0.15) is 0 Å². The van der Waals surface area contributed by atoms with Crippen molar-refractivity contribution in [2.75, 3.05) is 6.26 Å². The largest absolute Gasteiger partial charge is 0.327 e. The zero-order valence-corrected chi connectivity index (χ0v) is 8.00. The minimum Gasteiger partial charge on any atom is -0.327 e. The van der Waals surface area contributed by atoms with E-state index in [0.29, 0.717) is 12.7 Å². The van der Waals surface area contributed by atoms with Crippen molar-refractivity contribution < 1.29 is 13.0 Å². The molecule has 0 unspecified atom stereocenters. The highest BCUT2D eigenvalue weighted by atomic mass is 32.2. The third-order valence-electron chi connectivity index (χ3n) is 0.878. The highest BCUT2D eigenvalue weighted by molar-refractivity contribution is 7.85. The van der Waals surface area contributed by atoms with E-state index in [1.54, 1.807) is 0 Å². The van der Waals surface area contributed by atoms with Crippen molar-refractivity contribution in [3.63, 3.8) is 0 Å². The van der Waals surface area contributed by atoms with Crippen LogP contribution in [0.5, 0.6) is 0 Å². The zero-order chi connectivity index (χ0) is 10.2. The van der Waals surface area contributed by atoms with Crippen LogP contribution in [0.15, 0.2) is 0 Å². The molecule has 12 heavy (non-hydrogen) atoms. The van der Waals surface area contributed by atoms with Gasteiger partial charge >= 0.3 is 0 Å². The standard InChI is InChI=1S/C5H10N2.CH4O3S/c1-2-5(7)3-4-6;1-5(2,3)4/h5H,2-3,7H2,1H3;1H3,(H,2,3,4)/t5-;/m0./s1. The van der Waals surface area contributed by atoms with E-state index in [1.807, 2.05) is 13.0 Å². The Hall–Kier alpha value is -0.640. The predicted octanol–water partition coefficient (Wildman–Crippen LogP) is 0.141. The first-order valence-corrected chi connectivity index (χ1v) is 5.21. The molecule has 0 heterocycles. The smallest absolute Gasteiger partial charge is 0.261 e. The SMILES string of the molecule is CC[C@H](N)CC#N.CS(=O)(=O)O. The van der Waals surface area contributed by atoms with Crippen LogP contribution in [0.25, 0.3) is 0 Å². The highest BCUT2D eigenvalue weighted by Gasteiger charge is 1.93. The van der Waals surface area contributed by atoms with Crippen molar-refractivity contribution >= 4 is 10.1 Å². The lowest BCUT2D eigenvalue weighted by atomic mass is 10.2. The predicted molar refractivity (Wildman–Crippen MR) is 46.0 cm³/mol. The Balaban J connectivity index is 0. The first-order valence-electron chi connectivity index (χ1n) is 3.36. The van der Waals surface area contributed by atoms with Crippen LogP contribution in [-0.2, 0) is 10.1 Å². The van der Waals surface area contributed by atoms with Gasteiger partial charge in [-0.15, -0.1) is 0 Å². The minimum absolute atomic E-state index is 0.0880. The molecule has 0 aliphatic heterocycles. The van der Waals surface area contributed by atoms with Crippen LogP contribution in [0.3, 0.4) is 0 Å². The molecular weight excluding hydrogens is 180 g/mol. The van der Waals surface area contributed by atoms with E-state index in [0.717, 1.165) is 6.42 Å². The Morgan fingerprint density at radius 1 is 1.67 bits per heavy atom. The summed E-state index contributed by atoms with van der Waals surface area (Å²) in [4.78, 5) is 0. The first kappa shape index (κ1) is 13.9. The lowest BCUT2D eigenvalue weighted by molar-refractivity contribution is 0.490. The van der Waals surface area contributed by atoms with Gasteiger partial charge in [0.2, 0.25) is 0 Å². The van der Waals surface area contributed by atoms with Crippen molar-refractivity contribution in [3.8, 4) is 6.07 Å². The topological polar surface area (TPSA) is 104 Å². The van der Waals surface area contributed by atoms with Gasteiger partial charge in [-0.1, -0.05) is 6.92 Å². The molecule has 0 aromatic carbocycles. The van der Waals surface area contributed by atoms with E-state index in [4.69, 9.17) is 15.5 Å². The van der Waals surface area contributed by atoms with Crippen molar-refractivity contribution in [1.29, 1.82) is 5.26 Å². The molecule has 1 atom stereocenters. The van der Waals surface area contributed by atoms with Crippen LogP contribution < -0.4 is 5.73 Å². The molecule has 6 heteroatoms. The fraction of sp³-hybridized carbons (Fsp3) is 0.833. The number of hydrogen-bond donors (Lipinski definition) is 2. The molecule has 72 valence electrons. The van der Waals surface area contributed by atoms with Gasteiger partial charge in [0.15, 0.2) is 0 Å². The molecule has 0 fully saturated rings. The molecular formula is C6H14N2O3S. The number of nitriles is 1. The molecule has 0 radical (unpaired) electrons. The second-order valence-corrected chi connectivity index (χ2v) is 3.73. The molecule has 0 aromatic rings. The summed E-state index contributed by atoms with van der Waals surface area (Å²) in [5, 5.41) is 8.04. The molecule has 0 aliphatic rings. The molecule has 3 N–H and O–H groups in total. The Morgan fingerprint density at radius 2 is 2.00 bits per heavy atom. The van der Waals surface area contributed by atoms with Gasteiger partial charge in [-0.2, -0.15) is 13.7 Å². The number of rotatable bonds is 2. The Bertz CT molecular complexity index is 222. The number of nitrogens with two attached hydrogens (primary N) is 1. The third kappa shape index (κ3) is 34.4. The quantitative estimate of drug-likeness (QED) is 0.608. The summed E-state index contributed by atoms with van der Waals surface area (Å²) in [7, 11) is -3.67. The fourth-order valence-corrected chi connectivity index (χ4v) is 0.262. The van der Waals surface area contributed by atoms with Gasteiger partial charge in [-0.25, -0.2) is 0 Å². The van der Waals surface area contributed by atoms with Crippen LogP contribution >= 0.6 is 0 Å². The van der Waals surface area contributed by atoms with Crippen molar-refractivity contribution in [1.82, 2.24) is 0 Å². The van der Waals surface area contributed by atoms with E-state index in [9.17, 15) is 8.42 Å². The maximum atomic E-state index is 9.19. The molecule has 0 rings (SSSR count). The van der Waals surface area contributed by atoms with Crippen LogP contribution in [0.2, 0.25) is 0 Å². The average molecular weight is 194 g/mol. The fourth-order valence-electron chi connectivity index (χ4n) is 0.262. The van der Waals surface area contributed by atoms with E-state index >= 15 is 0 Å². The maximum absolute atomic E-state index is 9.19. The summed E-state index contributed by atoms with van der Waals surface area (Å²) in [5.41, 5.74) is 5.36. The lowest BCUT2D eigenvalue weighted by Gasteiger charge is -1.97. The van der Waals surface area contributed by atoms with E-state index in [2.05, 4.69) is 0 Å². The minimum atomic E-state index is -3.67. The van der Waals surface area contributed by atoms with Gasteiger partial charge in [-0.3, -0.25) is 4.55 Å². The summed E-state index contributed by atoms with van der Waals surface area (Å²) in [6, 6.07) is 2.08. The van der Waals surface area contributed by atoms with Crippen molar-refractivity contribution in [2.24, 2.45) is 5.73 Å². The molecule has 0 bridgehead atoms. The van der Waals surface area contributed by atoms with Crippen LogP contribution in [0.1, 0.15) is 19.8 Å². The molecule has 0 saturated carbocycles. The maximum Gasteiger partial charge on any atom is 0.261 e. The number of hydrogen-bond acceptors (Lipinski definition) is 4. The normalized spacial score (nSPS) is 12.2. The average Bonchev–Trinajstić information content (AvgIpc) is 1.85. The highest BCUT2D eigenvalue weighted by Crippen LogP contribution is 1.88. The summed E-state index contributed by atoms with van der Waals surface area (Å²) in [5.74, 6) is 0. The van der Waals surface area contributed by atoms with Crippen molar-refractivity contribution in [3.05, 3.63) is 0 Å². The third-order valence-corrected chi connectivity index (χ3v) is 0.878. The molecule has 0 saturated heterocycles. The van der Waals surface area contributed by atoms with Gasteiger partial charge in [0.25, 0.3) is 10.1 Å². The summed E-state index contributed by atoms with van der Waals surface area (Å²) in [6.07, 6.45) is 2.09. The summed E-state index contributed by atoms with van der Waals surface area (Å²) in [6.45, 7) is 1.97. The summed E-state index contributed by atoms with van der Waals surface area (Å²) >= 11 is 0. The number of nitrogens with zero attached hydrogens (tertiary/aromatic N) is 1. The van der Waals surface area contributed by atoms with Crippen LogP contribution in [-0.4, -0.2) is 25.3 Å². The van der Waals surface area contributed by atoms with Crippen LogP contribution in [0, 0.1) is 11.3 Å². The Morgan fingerprint density at radius 3 is 2.08 bits per heavy atom. The monoisotopic (exact) mass is 194 g/mol. The van der Waals surface area contributed by atoms with Gasteiger partial charge in [0, 0.05) is 6.04 Å². The zero-order valence-electron chi connectivity index (χ0n) is 7.19. The van der Waals surface area contributed by atoms with E-state index < -0.39 is 10.1 Å². The van der Waals surface area contributed by atoms with Gasteiger partial charge < -0.3 is 5.73 Å². The molecule has 0 amide bonds.